The van der Waals surface area contributed by atoms with Crippen molar-refractivity contribution in [3.05, 3.63) is 18.2 Å². The molecule has 1 aromatic heterocycles. The van der Waals surface area contributed by atoms with Crippen LogP contribution in [0.5, 0.6) is 0 Å². The summed E-state index contributed by atoms with van der Waals surface area (Å²) in [6, 6.07) is 0. The van der Waals surface area contributed by atoms with Crippen LogP contribution in [0.3, 0.4) is 0 Å². The van der Waals surface area contributed by atoms with Gasteiger partial charge in [0, 0.05) is 18.3 Å². The van der Waals surface area contributed by atoms with Crippen molar-refractivity contribution in [2.45, 2.75) is 37.8 Å². The lowest BCUT2D eigenvalue weighted by molar-refractivity contribution is -0.146. The fraction of sp³-hybridized carbons (Fsp3) is 0.636. The number of carbonyl (C=O) groups is 1. The zero-order valence-corrected chi connectivity index (χ0v) is 9.64. The fourth-order valence-corrected chi connectivity index (χ4v) is 1.81. The normalized spacial score (nSPS) is 19.2. The number of carbonyl (C=O) groups excluding carboxylic acids is 1. The Morgan fingerprint density at radius 3 is 3.00 bits per heavy atom. The summed E-state index contributed by atoms with van der Waals surface area (Å²) >= 11 is 0. The highest BCUT2D eigenvalue weighted by atomic mass is 16.5. The number of ether oxygens (including phenoxy) is 1. The third-order valence-corrected chi connectivity index (χ3v) is 2.84. The number of esters is 1. The predicted octanol–water partition coefficient (Wildman–Crippen LogP) is 0.651. The van der Waals surface area contributed by atoms with Crippen LogP contribution in [0, 0.1) is 0 Å². The summed E-state index contributed by atoms with van der Waals surface area (Å²) in [5.41, 5.74) is 4.93. The minimum atomic E-state index is -1.00. The van der Waals surface area contributed by atoms with Crippen molar-refractivity contribution in [2.24, 2.45) is 5.73 Å². The first-order chi connectivity index (χ1) is 7.54. The first kappa shape index (κ1) is 11.1. The van der Waals surface area contributed by atoms with Crippen LogP contribution in [0.4, 0.5) is 0 Å². The molecule has 1 fully saturated rings. The SMILES string of the molecule is COC(=O)C(C)(N)Cn1ccnc1C1CC1. The lowest BCUT2D eigenvalue weighted by Gasteiger charge is -2.22. The Labute approximate surface area is 94.6 Å². The lowest BCUT2D eigenvalue weighted by atomic mass is 10.0. The molecule has 0 aliphatic heterocycles. The third-order valence-electron chi connectivity index (χ3n) is 2.84. The van der Waals surface area contributed by atoms with Gasteiger partial charge in [-0.05, 0) is 19.8 Å². The Kier molecular flexibility index (Phi) is 2.71. The molecule has 5 heteroatoms. The molecule has 5 nitrogen and oxygen atoms in total. The van der Waals surface area contributed by atoms with Crippen LogP contribution in [0.1, 0.15) is 31.5 Å². The molecule has 2 rings (SSSR count). The zero-order chi connectivity index (χ0) is 11.8. The van der Waals surface area contributed by atoms with E-state index < -0.39 is 11.5 Å². The van der Waals surface area contributed by atoms with Crippen molar-refractivity contribution in [1.82, 2.24) is 9.55 Å². The van der Waals surface area contributed by atoms with Gasteiger partial charge in [0.25, 0.3) is 0 Å². The van der Waals surface area contributed by atoms with Crippen LogP contribution in [0.25, 0.3) is 0 Å². The molecule has 0 amide bonds. The number of nitrogens with two attached hydrogens (primary N) is 1. The summed E-state index contributed by atoms with van der Waals surface area (Å²) in [6.45, 7) is 2.08. The van der Waals surface area contributed by atoms with Crippen LogP contribution < -0.4 is 5.73 Å². The van der Waals surface area contributed by atoms with Gasteiger partial charge in [-0.2, -0.15) is 0 Å². The van der Waals surface area contributed by atoms with Gasteiger partial charge in [0.05, 0.1) is 13.7 Å². The quantitative estimate of drug-likeness (QED) is 0.761. The van der Waals surface area contributed by atoms with Gasteiger partial charge in [-0.3, -0.25) is 4.79 Å². The summed E-state index contributed by atoms with van der Waals surface area (Å²) in [5, 5.41) is 0. The summed E-state index contributed by atoms with van der Waals surface area (Å²) in [5.74, 6) is 1.17. The zero-order valence-electron chi connectivity index (χ0n) is 9.64. The number of hydrogen-bond acceptors (Lipinski definition) is 4. The van der Waals surface area contributed by atoms with Crippen LogP contribution in [-0.4, -0.2) is 28.2 Å². The summed E-state index contributed by atoms with van der Waals surface area (Å²) in [6.07, 6.45) is 5.97. The average molecular weight is 223 g/mol. The maximum Gasteiger partial charge on any atom is 0.327 e. The molecule has 16 heavy (non-hydrogen) atoms. The molecule has 1 atom stereocenters. The van der Waals surface area contributed by atoms with E-state index in [0.717, 1.165) is 5.82 Å². The monoisotopic (exact) mass is 223 g/mol. The molecule has 1 heterocycles. The summed E-state index contributed by atoms with van der Waals surface area (Å²) < 4.78 is 6.64. The molecule has 88 valence electrons. The molecule has 0 aromatic carbocycles. The van der Waals surface area contributed by atoms with Crippen LogP contribution in [-0.2, 0) is 16.1 Å². The fourth-order valence-electron chi connectivity index (χ4n) is 1.81. The molecular weight excluding hydrogens is 206 g/mol. The van der Waals surface area contributed by atoms with Gasteiger partial charge in [-0.15, -0.1) is 0 Å². The van der Waals surface area contributed by atoms with Gasteiger partial charge in [-0.25, -0.2) is 4.98 Å². The van der Waals surface area contributed by atoms with Crippen LogP contribution >= 0.6 is 0 Å². The van der Waals surface area contributed by atoms with E-state index >= 15 is 0 Å². The van der Waals surface area contributed by atoms with Crippen molar-refractivity contribution >= 4 is 5.97 Å². The summed E-state index contributed by atoms with van der Waals surface area (Å²) in [7, 11) is 1.35. The smallest absolute Gasteiger partial charge is 0.327 e. The maximum atomic E-state index is 11.5. The van der Waals surface area contributed by atoms with Crippen molar-refractivity contribution in [3.63, 3.8) is 0 Å². The number of nitrogens with zero attached hydrogens (tertiary/aromatic N) is 2. The molecule has 1 saturated carbocycles. The standard InChI is InChI=1S/C11H17N3O2/c1-11(12,10(15)16-2)7-14-6-5-13-9(14)8-3-4-8/h5-6,8H,3-4,7,12H2,1-2H3. The van der Waals surface area contributed by atoms with Crippen molar-refractivity contribution in [3.8, 4) is 0 Å². The van der Waals surface area contributed by atoms with E-state index in [-0.39, 0.29) is 0 Å². The highest BCUT2D eigenvalue weighted by Gasteiger charge is 2.33. The highest BCUT2D eigenvalue weighted by Crippen LogP contribution is 2.39. The van der Waals surface area contributed by atoms with Crippen molar-refractivity contribution in [2.75, 3.05) is 7.11 Å². The average Bonchev–Trinajstić information content (AvgIpc) is 2.99. The second-order valence-corrected chi connectivity index (χ2v) is 4.60. The predicted molar refractivity (Wildman–Crippen MR) is 58.8 cm³/mol. The lowest BCUT2D eigenvalue weighted by Crippen LogP contribution is -2.49. The first-order valence-electron chi connectivity index (χ1n) is 5.43. The number of rotatable bonds is 4. The summed E-state index contributed by atoms with van der Waals surface area (Å²) in [4.78, 5) is 15.8. The van der Waals surface area contributed by atoms with E-state index in [1.54, 1.807) is 13.1 Å². The van der Waals surface area contributed by atoms with Gasteiger partial charge in [0.2, 0.25) is 0 Å². The van der Waals surface area contributed by atoms with Crippen molar-refractivity contribution < 1.29 is 9.53 Å². The van der Waals surface area contributed by atoms with Gasteiger partial charge in [0.15, 0.2) is 0 Å². The molecule has 0 saturated heterocycles. The Balaban J connectivity index is 2.13. The van der Waals surface area contributed by atoms with E-state index in [0.29, 0.717) is 12.5 Å². The Morgan fingerprint density at radius 1 is 1.75 bits per heavy atom. The van der Waals surface area contributed by atoms with Gasteiger partial charge in [-0.1, -0.05) is 0 Å². The van der Waals surface area contributed by atoms with Crippen molar-refractivity contribution in [1.29, 1.82) is 0 Å². The van der Waals surface area contributed by atoms with Gasteiger partial charge in [0.1, 0.15) is 11.4 Å². The third kappa shape index (κ3) is 2.09. The molecule has 1 unspecified atom stereocenters. The molecule has 1 aliphatic rings. The minimum Gasteiger partial charge on any atom is -0.468 e. The topological polar surface area (TPSA) is 70.1 Å². The Bertz CT molecular complexity index is 394. The number of imidazole rings is 1. The van der Waals surface area contributed by atoms with Crippen LogP contribution in [0.15, 0.2) is 12.4 Å². The number of hydrogen-bond donors (Lipinski definition) is 1. The second-order valence-electron chi connectivity index (χ2n) is 4.60. The van der Waals surface area contributed by atoms with E-state index in [4.69, 9.17) is 5.73 Å². The minimum absolute atomic E-state index is 0.400. The molecule has 1 aliphatic carbocycles. The van der Waals surface area contributed by atoms with Crippen LogP contribution in [0.2, 0.25) is 0 Å². The Hall–Kier alpha value is -1.36. The van der Waals surface area contributed by atoms with Gasteiger partial charge >= 0.3 is 5.97 Å². The number of methoxy groups -OCH3 is 1. The molecular formula is C11H17N3O2. The highest BCUT2D eigenvalue weighted by molar-refractivity contribution is 5.79. The van der Waals surface area contributed by atoms with E-state index in [1.807, 2.05) is 10.8 Å². The Morgan fingerprint density at radius 2 is 2.44 bits per heavy atom. The molecule has 0 bridgehead atoms. The molecule has 2 N–H and O–H groups in total. The molecule has 1 aromatic rings. The van der Waals surface area contributed by atoms with E-state index in [1.165, 1.54) is 20.0 Å². The van der Waals surface area contributed by atoms with Gasteiger partial charge < -0.3 is 15.0 Å². The maximum absolute atomic E-state index is 11.5. The number of aromatic nitrogens is 2. The molecule has 0 spiro atoms. The van der Waals surface area contributed by atoms with E-state index in [9.17, 15) is 4.79 Å². The largest absolute Gasteiger partial charge is 0.468 e. The van der Waals surface area contributed by atoms with E-state index in [2.05, 4.69) is 9.72 Å². The second kappa shape index (κ2) is 3.90. The molecule has 0 radical (unpaired) electrons. The first-order valence-corrected chi connectivity index (χ1v) is 5.43.